The van der Waals surface area contributed by atoms with Crippen LogP contribution in [0.1, 0.15) is 18.4 Å². The Morgan fingerprint density at radius 1 is 1.27 bits per heavy atom. The number of urea groups is 1. The Morgan fingerprint density at radius 2 is 2.00 bits per heavy atom. The van der Waals surface area contributed by atoms with Crippen molar-refractivity contribution in [3.05, 3.63) is 29.8 Å². The van der Waals surface area contributed by atoms with E-state index in [2.05, 4.69) is 5.32 Å². The summed E-state index contributed by atoms with van der Waals surface area (Å²) in [4.78, 5) is 16.8. The molecule has 0 spiro atoms. The third kappa shape index (κ3) is 4.80. The normalized spacial score (nSPS) is 15.5. The molecular weight excluding hydrogens is 301 g/mol. The number of carbonyl (C=O) groups excluding carboxylic acids is 1. The number of halogens is 3. The monoisotopic (exact) mass is 318 g/mol. The van der Waals surface area contributed by atoms with Gasteiger partial charge in [0.25, 0.3) is 0 Å². The number of nitrogens with one attached hydrogen (secondary N) is 1. The number of amides is 2. The Hall–Kier alpha value is -1.96. The molecule has 2 rings (SSSR count). The summed E-state index contributed by atoms with van der Waals surface area (Å²) in [5.41, 5.74) is -0.726. The van der Waals surface area contributed by atoms with E-state index in [1.807, 2.05) is 0 Å². The first-order valence-corrected chi connectivity index (χ1v) is 6.95. The molecule has 1 fully saturated rings. The van der Waals surface area contributed by atoms with E-state index in [-0.39, 0.29) is 19.2 Å². The summed E-state index contributed by atoms with van der Waals surface area (Å²) in [6.07, 6.45) is -2.53. The van der Waals surface area contributed by atoms with Gasteiger partial charge < -0.3 is 10.1 Å². The maximum absolute atomic E-state index is 12.4. The molecule has 1 aliphatic rings. The molecule has 0 radical (unpaired) electrons. The number of alkyl halides is 3. The zero-order chi connectivity index (χ0) is 16.0. The predicted molar refractivity (Wildman–Crippen MR) is 72.2 cm³/mol. The molecule has 1 aromatic carbocycles. The number of hydrogen-bond donors (Lipinski definition) is 1. The molecule has 5 nitrogen and oxygen atoms in total. The second-order valence-electron chi connectivity index (χ2n) is 4.74. The van der Waals surface area contributed by atoms with Gasteiger partial charge in [-0.2, -0.15) is 13.2 Å². The van der Waals surface area contributed by atoms with E-state index in [9.17, 15) is 18.0 Å². The highest BCUT2D eigenvalue weighted by Gasteiger charge is 2.30. The smallest absolute Gasteiger partial charge is 0.416 e. The molecule has 1 saturated heterocycles. The van der Waals surface area contributed by atoms with Crippen LogP contribution in [-0.2, 0) is 11.0 Å². The summed E-state index contributed by atoms with van der Waals surface area (Å²) < 4.78 is 42.4. The lowest BCUT2D eigenvalue weighted by molar-refractivity contribution is -0.139. The van der Waals surface area contributed by atoms with E-state index in [0.29, 0.717) is 18.9 Å². The molecule has 0 aliphatic carbocycles. The number of benzene rings is 1. The van der Waals surface area contributed by atoms with Crippen molar-refractivity contribution in [2.75, 3.05) is 26.3 Å². The molecule has 2 amide bonds. The van der Waals surface area contributed by atoms with Crippen LogP contribution in [-0.4, -0.2) is 37.4 Å². The number of ether oxygens (including phenoxy) is 1. The van der Waals surface area contributed by atoms with Crippen LogP contribution in [0.2, 0.25) is 0 Å². The molecular formula is C14H17F3N2O3. The summed E-state index contributed by atoms with van der Waals surface area (Å²) in [5.74, 6) is 0.316. The molecule has 0 bridgehead atoms. The largest absolute Gasteiger partial charge is 0.492 e. The molecule has 8 heteroatoms. The lowest BCUT2D eigenvalue weighted by atomic mass is 10.2. The van der Waals surface area contributed by atoms with Crippen LogP contribution < -0.4 is 10.1 Å². The van der Waals surface area contributed by atoms with Gasteiger partial charge in [0.2, 0.25) is 0 Å². The molecule has 0 unspecified atom stereocenters. The first-order valence-electron chi connectivity index (χ1n) is 6.95. The maximum atomic E-state index is 12.4. The third-order valence-corrected chi connectivity index (χ3v) is 3.06. The summed E-state index contributed by atoms with van der Waals surface area (Å²) >= 11 is 0. The van der Waals surface area contributed by atoms with Crippen LogP contribution in [0.5, 0.6) is 5.75 Å². The van der Waals surface area contributed by atoms with Gasteiger partial charge in [-0.25, -0.2) is 9.86 Å². The minimum Gasteiger partial charge on any atom is -0.492 e. The van der Waals surface area contributed by atoms with E-state index >= 15 is 0 Å². The summed E-state index contributed by atoms with van der Waals surface area (Å²) in [6, 6.07) is 4.07. The first-order chi connectivity index (χ1) is 10.5. The number of hydrogen-bond acceptors (Lipinski definition) is 3. The molecule has 1 N–H and O–H groups in total. The van der Waals surface area contributed by atoms with Gasteiger partial charge in [-0.05, 0) is 37.1 Å². The molecule has 1 aliphatic heterocycles. The Labute approximate surface area is 125 Å². The zero-order valence-corrected chi connectivity index (χ0v) is 11.9. The SMILES string of the molecule is O=C(NCCOc1ccc(C(F)(F)F)cc1)N1CCCCO1. The lowest BCUT2D eigenvalue weighted by Crippen LogP contribution is -2.43. The highest BCUT2D eigenvalue weighted by atomic mass is 19.4. The Bertz CT molecular complexity index is 485. The molecule has 0 aromatic heterocycles. The number of nitrogens with zero attached hydrogens (tertiary/aromatic N) is 1. The minimum absolute atomic E-state index is 0.158. The van der Waals surface area contributed by atoms with Gasteiger partial charge >= 0.3 is 12.2 Å². The average Bonchev–Trinajstić information content (AvgIpc) is 2.52. The van der Waals surface area contributed by atoms with E-state index in [0.717, 1.165) is 25.0 Å². The van der Waals surface area contributed by atoms with Gasteiger partial charge in [-0.15, -0.1) is 0 Å². The highest BCUT2D eigenvalue weighted by molar-refractivity contribution is 5.73. The van der Waals surface area contributed by atoms with Gasteiger partial charge in [0.15, 0.2) is 0 Å². The minimum atomic E-state index is -4.36. The van der Waals surface area contributed by atoms with Crippen LogP contribution in [0.15, 0.2) is 24.3 Å². The molecule has 1 aromatic rings. The molecule has 22 heavy (non-hydrogen) atoms. The predicted octanol–water partition coefficient (Wildman–Crippen LogP) is 2.82. The van der Waals surface area contributed by atoms with Crippen LogP contribution in [0.3, 0.4) is 0 Å². The second-order valence-corrected chi connectivity index (χ2v) is 4.74. The average molecular weight is 318 g/mol. The van der Waals surface area contributed by atoms with Gasteiger partial charge in [0.05, 0.1) is 25.3 Å². The van der Waals surface area contributed by atoms with Crippen LogP contribution in [0, 0.1) is 0 Å². The quantitative estimate of drug-likeness (QED) is 0.869. The molecule has 0 atom stereocenters. The number of carbonyl (C=O) groups is 1. The van der Waals surface area contributed by atoms with Crippen molar-refractivity contribution < 1.29 is 27.5 Å². The van der Waals surface area contributed by atoms with Crippen LogP contribution in [0.25, 0.3) is 0 Å². The van der Waals surface area contributed by atoms with Crippen molar-refractivity contribution in [3.8, 4) is 5.75 Å². The molecule has 0 saturated carbocycles. The standard InChI is InChI=1S/C14H17F3N2O3/c15-14(16,17)11-3-5-12(6-4-11)21-10-7-18-13(20)19-8-1-2-9-22-19/h3-6H,1-2,7-10H2,(H,18,20). The van der Waals surface area contributed by atoms with E-state index in [1.54, 1.807) is 0 Å². The zero-order valence-electron chi connectivity index (χ0n) is 11.9. The Balaban J connectivity index is 1.69. The Kier molecular flexibility index (Phi) is 5.48. The fraction of sp³-hybridized carbons (Fsp3) is 0.500. The number of hydroxylamine groups is 2. The summed E-state index contributed by atoms with van der Waals surface area (Å²) in [5, 5.41) is 3.88. The fourth-order valence-electron chi connectivity index (χ4n) is 1.91. The highest BCUT2D eigenvalue weighted by Crippen LogP contribution is 2.30. The van der Waals surface area contributed by atoms with Crippen molar-refractivity contribution in [2.24, 2.45) is 0 Å². The fourth-order valence-corrected chi connectivity index (χ4v) is 1.91. The van der Waals surface area contributed by atoms with Gasteiger partial charge in [-0.1, -0.05) is 0 Å². The van der Waals surface area contributed by atoms with E-state index < -0.39 is 11.7 Å². The van der Waals surface area contributed by atoms with Crippen LogP contribution in [0.4, 0.5) is 18.0 Å². The van der Waals surface area contributed by atoms with Gasteiger partial charge in [-0.3, -0.25) is 4.84 Å². The van der Waals surface area contributed by atoms with Crippen molar-refractivity contribution >= 4 is 6.03 Å². The summed E-state index contributed by atoms with van der Waals surface area (Å²) in [6.45, 7) is 1.46. The summed E-state index contributed by atoms with van der Waals surface area (Å²) in [7, 11) is 0. The topological polar surface area (TPSA) is 50.8 Å². The Morgan fingerprint density at radius 3 is 2.59 bits per heavy atom. The second kappa shape index (κ2) is 7.35. The van der Waals surface area contributed by atoms with Crippen molar-refractivity contribution in [1.29, 1.82) is 0 Å². The van der Waals surface area contributed by atoms with E-state index in [1.165, 1.54) is 17.2 Å². The van der Waals surface area contributed by atoms with Gasteiger partial charge in [0, 0.05) is 0 Å². The molecule has 1 heterocycles. The third-order valence-electron chi connectivity index (χ3n) is 3.06. The maximum Gasteiger partial charge on any atom is 0.416 e. The van der Waals surface area contributed by atoms with E-state index in [4.69, 9.17) is 9.57 Å². The van der Waals surface area contributed by atoms with Crippen LogP contribution >= 0.6 is 0 Å². The van der Waals surface area contributed by atoms with Gasteiger partial charge in [0.1, 0.15) is 12.4 Å². The van der Waals surface area contributed by atoms with Crippen molar-refractivity contribution in [3.63, 3.8) is 0 Å². The first kappa shape index (κ1) is 16.4. The van der Waals surface area contributed by atoms with Crippen molar-refractivity contribution in [2.45, 2.75) is 19.0 Å². The molecule has 122 valence electrons. The lowest BCUT2D eigenvalue weighted by Gasteiger charge is -2.25. The number of rotatable bonds is 4. The van der Waals surface area contributed by atoms with Crippen molar-refractivity contribution in [1.82, 2.24) is 10.4 Å².